The van der Waals surface area contributed by atoms with Gasteiger partial charge >= 0.3 is 6.18 Å². The number of rotatable bonds is 4. The number of hydrogen-bond acceptors (Lipinski definition) is 4. The summed E-state index contributed by atoms with van der Waals surface area (Å²) in [5.74, 6) is 0.0272. The van der Waals surface area contributed by atoms with Gasteiger partial charge in [0.1, 0.15) is 12.4 Å². The van der Waals surface area contributed by atoms with Gasteiger partial charge in [-0.05, 0) is 30.3 Å². The number of benzene rings is 1. The van der Waals surface area contributed by atoms with Crippen molar-refractivity contribution < 1.29 is 31.1 Å². The summed E-state index contributed by atoms with van der Waals surface area (Å²) in [6.45, 7) is -0.487. The van der Waals surface area contributed by atoms with E-state index in [0.717, 1.165) is 18.2 Å². The second-order valence-electron chi connectivity index (χ2n) is 4.06. The number of aliphatic hydroxyl groups is 1. The Balaban J connectivity index is 2.28. The highest BCUT2D eigenvalue weighted by atomic mass is 32.2. The molecule has 0 fully saturated rings. The summed E-state index contributed by atoms with van der Waals surface area (Å²) >= 11 is 0. The van der Waals surface area contributed by atoms with Crippen LogP contribution in [0.2, 0.25) is 0 Å². The van der Waals surface area contributed by atoms with E-state index in [1.54, 1.807) is 0 Å². The molecule has 21 heavy (non-hydrogen) atoms. The molecule has 2 N–H and O–H groups in total. The van der Waals surface area contributed by atoms with E-state index in [1.165, 1.54) is 12.1 Å². The normalized spacial score (nSPS) is 12.4. The third-order valence-corrected chi connectivity index (χ3v) is 3.75. The second-order valence-corrected chi connectivity index (χ2v) is 5.68. The van der Waals surface area contributed by atoms with E-state index in [9.17, 15) is 21.6 Å². The number of hydrogen-bond donors (Lipinski definition) is 2. The van der Waals surface area contributed by atoms with Crippen LogP contribution in [0.25, 0.3) is 0 Å². The largest absolute Gasteiger partial charge is 0.445 e. The minimum Gasteiger partial charge on any atom is -0.445 e. The van der Waals surface area contributed by atoms with Crippen molar-refractivity contribution in [3.8, 4) is 0 Å². The molecule has 0 radical (unpaired) electrons. The van der Waals surface area contributed by atoms with Gasteiger partial charge in [-0.3, -0.25) is 4.72 Å². The lowest BCUT2D eigenvalue weighted by atomic mass is 10.2. The minimum absolute atomic E-state index is 0.0272. The molecule has 2 aromatic rings. The lowest BCUT2D eigenvalue weighted by molar-refractivity contribution is -0.137. The Labute approximate surface area is 118 Å². The standard InChI is InChI=1S/C12H10F3NO4S/c13-12(14,15)8-2-1-3-9(6-8)16-21(18,19)11-5-4-10(7-17)20-11/h1-6,16-17H,7H2. The molecule has 0 aliphatic rings. The van der Waals surface area contributed by atoms with E-state index >= 15 is 0 Å². The van der Waals surface area contributed by atoms with Crippen molar-refractivity contribution in [1.29, 1.82) is 0 Å². The van der Waals surface area contributed by atoms with Gasteiger partial charge in [-0.2, -0.15) is 21.6 Å². The zero-order chi connectivity index (χ0) is 15.7. The average molecular weight is 321 g/mol. The van der Waals surface area contributed by atoms with E-state index < -0.39 is 33.5 Å². The van der Waals surface area contributed by atoms with Gasteiger partial charge in [-0.15, -0.1) is 0 Å². The molecule has 0 aliphatic heterocycles. The van der Waals surface area contributed by atoms with Crippen molar-refractivity contribution >= 4 is 15.7 Å². The fourth-order valence-electron chi connectivity index (χ4n) is 1.55. The van der Waals surface area contributed by atoms with Gasteiger partial charge in [0.15, 0.2) is 0 Å². The number of furan rings is 1. The molecule has 2 rings (SSSR count). The summed E-state index contributed by atoms with van der Waals surface area (Å²) in [5.41, 5.74) is -1.22. The first-order valence-corrected chi connectivity index (χ1v) is 7.10. The first kappa shape index (κ1) is 15.4. The van der Waals surface area contributed by atoms with Gasteiger partial charge in [0.2, 0.25) is 5.09 Å². The Kier molecular flexibility index (Phi) is 3.97. The summed E-state index contributed by atoms with van der Waals surface area (Å²) in [6, 6.07) is 6.12. The van der Waals surface area contributed by atoms with Crippen LogP contribution in [-0.2, 0) is 22.8 Å². The highest BCUT2D eigenvalue weighted by molar-refractivity contribution is 7.92. The molecule has 0 saturated heterocycles. The Hall–Kier alpha value is -2.00. The van der Waals surface area contributed by atoms with Crippen LogP contribution in [0.1, 0.15) is 11.3 Å². The first-order valence-electron chi connectivity index (χ1n) is 5.62. The predicted molar refractivity (Wildman–Crippen MR) is 66.9 cm³/mol. The molecule has 0 bridgehead atoms. The molecular weight excluding hydrogens is 311 g/mol. The molecule has 1 aromatic heterocycles. The van der Waals surface area contributed by atoms with Crippen molar-refractivity contribution in [2.75, 3.05) is 4.72 Å². The maximum absolute atomic E-state index is 12.5. The number of halogens is 3. The van der Waals surface area contributed by atoms with Gasteiger partial charge in [0.25, 0.3) is 10.0 Å². The summed E-state index contributed by atoms with van der Waals surface area (Å²) in [7, 11) is -4.16. The molecule has 0 saturated carbocycles. The van der Waals surface area contributed by atoms with Gasteiger partial charge in [-0.25, -0.2) is 0 Å². The van der Waals surface area contributed by atoms with Crippen LogP contribution in [0.15, 0.2) is 45.9 Å². The van der Waals surface area contributed by atoms with Crippen LogP contribution in [-0.4, -0.2) is 13.5 Å². The number of anilines is 1. The van der Waals surface area contributed by atoms with Crippen LogP contribution in [0.3, 0.4) is 0 Å². The van der Waals surface area contributed by atoms with E-state index in [-0.39, 0.29) is 11.4 Å². The lowest BCUT2D eigenvalue weighted by Gasteiger charge is -2.10. The quantitative estimate of drug-likeness (QED) is 0.907. The number of aliphatic hydroxyl groups excluding tert-OH is 1. The second kappa shape index (κ2) is 5.41. The molecule has 0 amide bonds. The SMILES string of the molecule is O=S(=O)(Nc1cccc(C(F)(F)F)c1)c1ccc(CO)o1. The van der Waals surface area contributed by atoms with E-state index in [1.807, 2.05) is 4.72 Å². The molecule has 0 spiro atoms. The van der Waals surface area contributed by atoms with Crippen molar-refractivity contribution in [1.82, 2.24) is 0 Å². The van der Waals surface area contributed by atoms with Gasteiger partial charge < -0.3 is 9.52 Å². The van der Waals surface area contributed by atoms with Crippen molar-refractivity contribution in [2.24, 2.45) is 0 Å². The molecule has 1 aromatic carbocycles. The van der Waals surface area contributed by atoms with Gasteiger partial charge in [-0.1, -0.05) is 6.07 Å². The molecular formula is C12H10F3NO4S. The van der Waals surface area contributed by atoms with Crippen LogP contribution < -0.4 is 4.72 Å². The zero-order valence-corrected chi connectivity index (χ0v) is 11.2. The third kappa shape index (κ3) is 3.56. The highest BCUT2D eigenvalue weighted by Crippen LogP contribution is 2.31. The van der Waals surface area contributed by atoms with Crippen molar-refractivity contribution in [2.45, 2.75) is 17.9 Å². The Morgan fingerprint density at radius 1 is 1.19 bits per heavy atom. The smallest absolute Gasteiger partial charge is 0.416 e. The summed E-state index contributed by atoms with van der Waals surface area (Å²) in [6.07, 6.45) is -4.57. The topological polar surface area (TPSA) is 79.5 Å². The Morgan fingerprint density at radius 3 is 2.48 bits per heavy atom. The maximum Gasteiger partial charge on any atom is 0.416 e. The van der Waals surface area contributed by atoms with Crippen LogP contribution >= 0.6 is 0 Å². The minimum atomic E-state index is -4.57. The third-order valence-electron chi connectivity index (χ3n) is 2.50. The predicted octanol–water partition coefficient (Wildman–Crippen LogP) is 2.59. The number of sulfonamides is 1. The summed E-state index contributed by atoms with van der Waals surface area (Å²) in [4.78, 5) is 0. The number of nitrogens with one attached hydrogen (secondary N) is 1. The first-order chi connectivity index (χ1) is 9.72. The fourth-order valence-corrected chi connectivity index (χ4v) is 2.55. The average Bonchev–Trinajstić information content (AvgIpc) is 2.87. The van der Waals surface area contributed by atoms with E-state index in [2.05, 4.69) is 0 Å². The maximum atomic E-state index is 12.5. The molecule has 114 valence electrons. The molecule has 9 heteroatoms. The summed E-state index contributed by atoms with van der Waals surface area (Å²) < 4.78 is 68.3. The van der Waals surface area contributed by atoms with E-state index in [0.29, 0.717) is 6.07 Å². The van der Waals surface area contributed by atoms with Crippen LogP contribution in [0.5, 0.6) is 0 Å². The molecule has 1 heterocycles. The molecule has 0 unspecified atom stereocenters. The Morgan fingerprint density at radius 2 is 1.90 bits per heavy atom. The molecule has 5 nitrogen and oxygen atoms in total. The molecule has 0 atom stereocenters. The number of alkyl halides is 3. The Bertz CT molecular complexity index is 737. The highest BCUT2D eigenvalue weighted by Gasteiger charge is 2.31. The van der Waals surface area contributed by atoms with Crippen molar-refractivity contribution in [3.05, 3.63) is 47.7 Å². The summed E-state index contributed by atoms with van der Waals surface area (Å²) in [5, 5.41) is 8.30. The van der Waals surface area contributed by atoms with Crippen LogP contribution in [0, 0.1) is 0 Å². The van der Waals surface area contributed by atoms with Gasteiger partial charge in [0, 0.05) is 5.69 Å². The molecule has 0 aliphatic carbocycles. The van der Waals surface area contributed by atoms with Crippen LogP contribution in [0.4, 0.5) is 18.9 Å². The lowest BCUT2D eigenvalue weighted by Crippen LogP contribution is -2.13. The van der Waals surface area contributed by atoms with Gasteiger partial charge in [0.05, 0.1) is 5.56 Å². The van der Waals surface area contributed by atoms with E-state index in [4.69, 9.17) is 9.52 Å². The zero-order valence-electron chi connectivity index (χ0n) is 10.4. The fraction of sp³-hybridized carbons (Fsp3) is 0.167. The van der Waals surface area contributed by atoms with Crippen molar-refractivity contribution in [3.63, 3.8) is 0 Å². The monoisotopic (exact) mass is 321 g/mol.